The molecule has 1 saturated heterocycles. The quantitative estimate of drug-likeness (QED) is 0.403. The first-order valence-electron chi connectivity index (χ1n) is 11.4. The van der Waals surface area contributed by atoms with Gasteiger partial charge < -0.3 is 10.2 Å². The van der Waals surface area contributed by atoms with Crippen molar-refractivity contribution in [3.8, 4) is 11.3 Å². The van der Waals surface area contributed by atoms with Crippen molar-refractivity contribution in [1.82, 2.24) is 19.6 Å². The molecule has 1 fully saturated rings. The summed E-state index contributed by atoms with van der Waals surface area (Å²) >= 11 is 1.55. The molecular formula is C25H27FN4OS. The first kappa shape index (κ1) is 21.1. The van der Waals surface area contributed by atoms with E-state index in [9.17, 15) is 9.18 Å². The number of halogens is 1. The molecule has 0 radical (unpaired) electrons. The Kier molecular flexibility index (Phi) is 6.19. The van der Waals surface area contributed by atoms with Crippen molar-refractivity contribution >= 4 is 32.4 Å². The summed E-state index contributed by atoms with van der Waals surface area (Å²) in [5.41, 5.74) is 3.38. The highest BCUT2D eigenvalue weighted by molar-refractivity contribution is 7.23. The summed E-state index contributed by atoms with van der Waals surface area (Å²) in [6.45, 7) is 4.13. The Balaban J connectivity index is 1.24. The number of amides is 1. The Morgan fingerprint density at radius 3 is 2.62 bits per heavy atom. The van der Waals surface area contributed by atoms with Gasteiger partial charge >= 0.3 is 0 Å². The largest absolute Gasteiger partial charge is 0.352 e. The fourth-order valence-electron chi connectivity index (χ4n) is 4.37. The molecule has 166 valence electrons. The Morgan fingerprint density at radius 2 is 1.84 bits per heavy atom. The van der Waals surface area contributed by atoms with Crippen molar-refractivity contribution in [2.75, 3.05) is 26.2 Å². The second-order valence-corrected chi connectivity index (χ2v) is 9.44. The van der Waals surface area contributed by atoms with E-state index in [4.69, 9.17) is 0 Å². The lowest BCUT2D eigenvalue weighted by Crippen LogP contribution is -2.30. The van der Waals surface area contributed by atoms with E-state index in [2.05, 4.69) is 15.2 Å². The van der Waals surface area contributed by atoms with Gasteiger partial charge in [-0.3, -0.25) is 9.20 Å². The number of fused-ring (bicyclic) bond motifs is 3. The van der Waals surface area contributed by atoms with Crippen molar-refractivity contribution in [2.24, 2.45) is 0 Å². The van der Waals surface area contributed by atoms with E-state index in [1.54, 1.807) is 23.5 Å². The lowest BCUT2D eigenvalue weighted by Gasteiger charge is -2.19. The third-order valence-electron chi connectivity index (χ3n) is 6.13. The maximum atomic E-state index is 13.2. The topological polar surface area (TPSA) is 49.6 Å². The molecule has 32 heavy (non-hydrogen) atoms. The van der Waals surface area contributed by atoms with E-state index >= 15 is 0 Å². The first-order valence-corrected chi connectivity index (χ1v) is 12.2. The minimum Gasteiger partial charge on any atom is -0.352 e. The summed E-state index contributed by atoms with van der Waals surface area (Å²) in [6.07, 6.45) is 8.22. The lowest BCUT2D eigenvalue weighted by atomic mass is 10.2. The third-order valence-corrected chi connectivity index (χ3v) is 7.15. The van der Waals surface area contributed by atoms with Crippen molar-refractivity contribution in [3.05, 3.63) is 60.0 Å². The van der Waals surface area contributed by atoms with Crippen LogP contribution in [-0.2, 0) is 0 Å². The van der Waals surface area contributed by atoms with E-state index < -0.39 is 0 Å². The standard InChI is InChI=1S/C25H27FN4OS/c26-20-9-6-18(7-10-20)21-17-30-22-11-8-19(16-23(22)32-25(30)28-21)24(31)27-12-5-15-29-13-3-1-2-4-14-29/h6-11,16-17H,1-5,12-15H2,(H,27,31). The van der Waals surface area contributed by atoms with Crippen LogP contribution in [0.3, 0.4) is 0 Å². The van der Waals surface area contributed by atoms with E-state index in [-0.39, 0.29) is 11.7 Å². The van der Waals surface area contributed by atoms with Crippen LogP contribution in [0.2, 0.25) is 0 Å². The van der Waals surface area contributed by atoms with E-state index in [1.807, 2.05) is 28.8 Å². The van der Waals surface area contributed by atoms with Crippen LogP contribution >= 0.6 is 11.3 Å². The maximum Gasteiger partial charge on any atom is 0.251 e. The van der Waals surface area contributed by atoms with Gasteiger partial charge in [0.05, 0.1) is 15.9 Å². The van der Waals surface area contributed by atoms with E-state index in [1.165, 1.54) is 50.9 Å². The zero-order valence-corrected chi connectivity index (χ0v) is 18.8. The van der Waals surface area contributed by atoms with Gasteiger partial charge in [-0.25, -0.2) is 9.37 Å². The number of imidazole rings is 1. The van der Waals surface area contributed by atoms with Gasteiger partial charge in [0.15, 0.2) is 4.96 Å². The van der Waals surface area contributed by atoms with Gasteiger partial charge in [0.25, 0.3) is 5.91 Å². The molecule has 5 nitrogen and oxygen atoms in total. The molecular weight excluding hydrogens is 423 g/mol. The van der Waals surface area contributed by atoms with Crippen molar-refractivity contribution in [3.63, 3.8) is 0 Å². The minimum atomic E-state index is -0.257. The van der Waals surface area contributed by atoms with Gasteiger partial charge in [0.1, 0.15) is 5.82 Å². The van der Waals surface area contributed by atoms with Crippen molar-refractivity contribution < 1.29 is 9.18 Å². The number of aromatic nitrogens is 2. The molecule has 4 aromatic rings. The third kappa shape index (κ3) is 4.54. The lowest BCUT2D eigenvalue weighted by molar-refractivity contribution is 0.0952. The predicted molar refractivity (Wildman–Crippen MR) is 128 cm³/mol. The molecule has 7 heteroatoms. The van der Waals surface area contributed by atoms with Crippen LogP contribution in [0.5, 0.6) is 0 Å². The summed E-state index contributed by atoms with van der Waals surface area (Å²) < 4.78 is 16.3. The number of nitrogens with one attached hydrogen (secondary N) is 1. The highest BCUT2D eigenvalue weighted by Gasteiger charge is 2.13. The molecule has 5 rings (SSSR count). The number of likely N-dealkylation sites (tertiary alicyclic amines) is 1. The highest BCUT2D eigenvalue weighted by atomic mass is 32.1. The van der Waals surface area contributed by atoms with Crippen LogP contribution in [0.15, 0.2) is 48.7 Å². The molecule has 0 aliphatic carbocycles. The Labute approximate surface area is 190 Å². The number of hydrogen-bond acceptors (Lipinski definition) is 4. The molecule has 0 spiro atoms. The second-order valence-electron chi connectivity index (χ2n) is 8.44. The van der Waals surface area contributed by atoms with Gasteiger partial charge in [-0.2, -0.15) is 0 Å². The van der Waals surface area contributed by atoms with Crippen LogP contribution < -0.4 is 5.32 Å². The average Bonchev–Trinajstić information content (AvgIpc) is 3.24. The van der Waals surface area contributed by atoms with Gasteiger partial charge in [0.2, 0.25) is 0 Å². The number of thiazole rings is 1. The highest BCUT2D eigenvalue weighted by Crippen LogP contribution is 2.30. The molecule has 0 saturated carbocycles. The number of rotatable bonds is 6. The number of carbonyl (C=O) groups is 1. The minimum absolute atomic E-state index is 0.0270. The molecule has 1 N–H and O–H groups in total. The summed E-state index contributed by atoms with van der Waals surface area (Å²) in [6, 6.07) is 12.1. The fraction of sp³-hybridized carbons (Fsp3) is 0.360. The second kappa shape index (κ2) is 9.38. The molecule has 2 aromatic heterocycles. The number of nitrogens with zero attached hydrogens (tertiary/aromatic N) is 3. The molecule has 1 aliphatic rings. The van der Waals surface area contributed by atoms with Crippen LogP contribution in [0, 0.1) is 5.82 Å². The van der Waals surface area contributed by atoms with E-state index in [0.717, 1.165) is 39.4 Å². The predicted octanol–water partition coefficient (Wildman–Crippen LogP) is 5.35. The molecule has 3 heterocycles. The average molecular weight is 451 g/mol. The fourth-order valence-corrected chi connectivity index (χ4v) is 5.42. The number of hydrogen-bond donors (Lipinski definition) is 1. The molecule has 2 aromatic carbocycles. The maximum absolute atomic E-state index is 13.2. The zero-order valence-electron chi connectivity index (χ0n) is 18.0. The molecule has 1 aliphatic heterocycles. The van der Waals surface area contributed by atoms with Crippen LogP contribution in [-0.4, -0.2) is 46.4 Å². The molecule has 0 atom stereocenters. The zero-order chi connectivity index (χ0) is 21.9. The Bertz CT molecular complexity index is 1220. The smallest absolute Gasteiger partial charge is 0.251 e. The van der Waals surface area contributed by atoms with E-state index in [0.29, 0.717) is 12.1 Å². The Morgan fingerprint density at radius 1 is 1.06 bits per heavy atom. The van der Waals surface area contributed by atoms with Crippen molar-refractivity contribution in [2.45, 2.75) is 32.1 Å². The Hall–Kier alpha value is -2.77. The molecule has 0 bridgehead atoms. The van der Waals surface area contributed by atoms with Crippen LogP contribution in [0.25, 0.3) is 26.4 Å². The van der Waals surface area contributed by atoms with Gasteiger partial charge in [-0.1, -0.05) is 24.2 Å². The van der Waals surface area contributed by atoms with Gasteiger partial charge in [-0.15, -0.1) is 0 Å². The monoisotopic (exact) mass is 450 g/mol. The normalized spacial score (nSPS) is 15.3. The number of carbonyl (C=O) groups excluding carboxylic acids is 1. The van der Waals surface area contributed by atoms with Gasteiger partial charge in [0, 0.05) is 23.9 Å². The summed E-state index contributed by atoms with van der Waals surface area (Å²) in [7, 11) is 0. The summed E-state index contributed by atoms with van der Waals surface area (Å²) in [4.78, 5) is 20.7. The number of benzene rings is 2. The summed E-state index contributed by atoms with van der Waals surface area (Å²) in [5, 5.41) is 3.07. The van der Waals surface area contributed by atoms with Crippen LogP contribution in [0.4, 0.5) is 4.39 Å². The summed E-state index contributed by atoms with van der Waals surface area (Å²) in [5.74, 6) is -0.284. The van der Waals surface area contributed by atoms with Crippen molar-refractivity contribution in [1.29, 1.82) is 0 Å². The molecule has 1 amide bonds. The molecule has 0 unspecified atom stereocenters. The van der Waals surface area contributed by atoms with Crippen LogP contribution in [0.1, 0.15) is 42.5 Å². The van der Waals surface area contributed by atoms with Gasteiger partial charge in [-0.05, 0) is 81.4 Å². The SMILES string of the molecule is O=C(NCCCN1CCCCCC1)c1ccc2c(c1)sc1nc(-c3ccc(F)cc3)cn12. The first-order chi connectivity index (χ1) is 15.7.